The van der Waals surface area contributed by atoms with Gasteiger partial charge in [0.15, 0.2) is 14.1 Å². The Kier molecular flexibility index (Phi) is 22.9. The highest BCUT2D eigenvalue weighted by Crippen LogP contribution is 2.47. The number of carbonyl (C=O) groups is 4. The largest absolute Gasteiger partial charge is 0.462 e. The fraction of sp³-hybridized carbons (Fsp3) is 0.762. The number of aliphatic hydroxyl groups excluding tert-OH is 1. The Balaban J connectivity index is 0.000000214. The van der Waals surface area contributed by atoms with E-state index in [0.717, 1.165) is 19.3 Å². The summed E-state index contributed by atoms with van der Waals surface area (Å²) in [7, 11) is 13.8. The van der Waals surface area contributed by atoms with Crippen molar-refractivity contribution in [1.82, 2.24) is 0 Å². The van der Waals surface area contributed by atoms with Crippen LogP contribution in [0.25, 0.3) is 0 Å². The first-order valence-electron chi connectivity index (χ1n) is 23.0. The zero-order valence-electron chi connectivity index (χ0n) is 39.0. The van der Waals surface area contributed by atoms with Crippen LogP contribution in [-0.2, 0) is 51.8 Å². The zero-order chi connectivity index (χ0) is 47.7. The van der Waals surface area contributed by atoms with Gasteiger partial charge in [0.2, 0.25) is 0 Å². The fourth-order valence-electron chi connectivity index (χ4n) is 9.33. The number of ketones is 1. The van der Waals surface area contributed by atoms with Crippen LogP contribution >= 0.6 is 54.7 Å². The van der Waals surface area contributed by atoms with Gasteiger partial charge in [-0.1, -0.05) is 71.9 Å². The third-order valence-corrected chi connectivity index (χ3v) is 19.1. The van der Waals surface area contributed by atoms with Gasteiger partial charge in [-0.2, -0.15) is 0 Å². The molecule has 0 radical (unpaired) electrons. The van der Waals surface area contributed by atoms with Crippen LogP contribution in [0.4, 0.5) is 0 Å². The van der Waals surface area contributed by atoms with E-state index in [4.69, 9.17) is 32.6 Å². The second-order valence-corrected chi connectivity index (χ2v) is 30.3. The van der Waals surface area contributed by atoms with Crippen molar-refractivity contribution in [2.24, 2.45) is 35.5 Å². The predicted molar refractivity (Wildman–Crippen MR) is 280 cm³/mol. The molecule has 3 saturated heterocycles. The Bertz CT molecular complexity index is 1670. The lowest BCUT2D eigenvalue weighted by molar-refractivity contribution is -0.142. The molecule has 64 heavy (non-hydrogen) atoms. The molecule has 20 atom stereocenters. The first-order chi connectivity index (χ1) is 30.0. The van der Waals surface area contributed by atoms with Crippen LogP contribution in [0.15, 0.2) is 36.5 Å². The molecule has 12 nitrogen and oxygen atoms in total. The van der Waals surface area contributed by atoms with Crippen LogP contribution in [0.2, 0.25) is 18.1 Å². The molecule has 358 valence electrons. The van der Waals surface area contributed by atoms with Crippen LogP contribution in [0.3, 0.4) is 0 Å². The van der Waals surface area contributed by atoms with E-state index in [-0.39, 0.29) is 126 Å². The summed E-state index contributed by atoms with van der Waals surface area (Å²) in [6, 6.07) is 0. The molecular weight excluding hydrogens is 943 g/mol. The maximum Gasteiger partial charge on any atom is 0.336 e. The van der Waals surface area contributed by atoms with Gasteiger partial charge in [0.25, 0.3) is 0 Å². The number of allylic oxidation sites excluding steroid dienone is 1. The number of hydrogen-bond donors (Lipinski definition) is 1. The van der Waals surface area contributed by atoms with Gasteiger partial charge in [0.1, 0.15) is 18.3 Å². The minimum atomic E-state index is -1.81. The Hall–Kier alpha value is 0.0917. The molecule has 3 heterocycles. The first kappa shape index (κ1) is 56.7. The predicted octanol–water partition coefficient (Wildman–Crippen LogP) is 7.39. The van der Waals surface area contributed by atoms with Crippen molar-refractivity contribution < 1.29 is 56.9 Å². The quantitative estimate of drug-likeness (QED) is 0.0386. The van der Waals surface area contributed by atoms with Gasteiger partial charge in [-0.3, -0.25) is 19.2 Å². The minimum Gasteiger partial charge on any atom is -0.462 e. The van der Waals surface area contributed by atoms with Crippen LogP contribution in [0.1, 0.15) is 99.3 Å². The second kappa shape index (κ2) is 25.8. The summed E-state index contributed by atoms with van der Waals surface area (Å²) < 4.78 is 40.5. The summed E-state index contributed by atoms with van der Waals surface area (Å²) in [6.07, 6.45) is 17.2. The summed E-state index contributed by atoms with van der Waals surface area (Å²) in [6.45, 7) is 17.3. The normalized spacial score (nSPS) is 32.9. The fourth-order valence-corrected chi connectivity index (χ4v) is 11.9. The SMILES string of the molecule is CCC(=O)/C=C/[C@@H]1[C@H]2CC(=O)O[C@H]2C[C@H]1OB(P)P.CCC(O)/C=C/[C@@H]1[C@H]2CC(=O)O[C@H]2C[C@H]1OB(P)P.CC[C@@H](/C=C/[C@@H]1[C@H]2CC(=O)O[C@H]2C[C@H]1OB(P)P)O[Si](C)(C)C(C)(C)C. The number of carbonyl (C=O) groups excluding carboxylic acids is 4. The monoisotopic (exact) mass is 1020 g/mol. The van der Waals surface area contributed by atoms with E-state index >= 15 is 0 Å². The van der Waals surface area contributed by atoms with E-state index in [1.54, 1.807) is 6.08 Å². The van der Waals surface area contributed by atoms with Gasteiger partial charge in [-0.15, -0.1) is 54.7 Å². The van der Waals surface area contributed by atoms with Gasteiger partial charge in [-0.05, 0) is 37.0 Å². The van der Waals surface area contributed by atoms with E-state index in [1.807, 2.05) is 32.1 Å². The van der Waals surface area contributed by atoms with Gasteiger partial charge in [0, 0.05) is 61.2 Å². The van der Waals surface area contributed by atoms with Crippen LogP contribution in [0, 0.1) is 35.5 Å². The molecular formula is C42H75B3O12P6Si. The molecule has 0 aromatic heterocycles. The molecule has 3 saturated carbocycles. The Morgan fingerprint density at radius 3 is 1.39 bits per heavy atom. The summed E-state index contributed by atoms with van der Waals surface area (Å²) in [5.41, 5.74) is 0. The second-order valence-electron chi connectivity index (χ2n) is 19.3. The number of hydrogen-bond acceptors (Lipinski definition) is 12. The van der Waals surface area contributed by atoms with Crippen molar-refractivity contribution in [3.8, 4) is 0 Å². The number of ether oxygens (including phenoxy) is 3. The first-order valence-corrected chi connectivity index (χ1v) is 29.9. The summed E-state index contributed by atoms with van der Waals surface area (Å²) in [5.74, 6) is 0.749. The lowest BCUT2D eigenvalue weighted by atomic mass is 9.91. The molecule has 6 aliphatic rings. The highest BCUT2D eigenvalue weighted by atomic mass is 31.1. The number of fused-ring (bicyclic) bond motifs is 3. The van der Waals surface area contributed by atoms with Gasteiger partial charge < -0.3 is 37.7 Å². The number of esters is 3. The average molecular weight is 1020 g/mol. The standard InChI is InChI=1S/C18H35BO4P2Si.C12H21BO4P2.C12H19BO4P2/c1-7-12(23-26(5,6)18(2,3)4)8-9-13-14-10-17(20)21-15(14)11-16(13)22-19(24)25;2*1-2-7(14)3-4-8-9-5-12(15)16-10(9)6-11(8)17-13(18)19/h8-9,12-16H,7,10-11,24-25H2,1-6H3;3-4,7-11,14H,2,5-6,18-19H2,1H3;3-4,8-11H,2,5-6,18-19H2,1H3/b9-8+;2*4-3+/t12-,13+,14+,15-,16+;7?,8-,9-,10+,11-;8-,9-,10+,11-/m011/s1. The van der Waals surface area contributed by atoms with Crippen molar-refractivity contribution in [2.75, 3.05) is 0 Å². The maximum absolute atomic E-state index is 11.7. The van der Waals surface area contributed by atoms with Crippen molar-refractivity contribution in [2.45, 2.75) is 166 Å². The molecule has 0 aromatic rings. The molecule has 7 unspecified atom stereocenters. The highest BCUT2D eigenvalue weighted by Gasteiger charge is 2.52. The van der Waals surface area contributed by atoms with E-state index in [9.17, 15) is 24.3 Å². The van der Waals surface area contributed by atoms with E-state index < -0.39 is 14.4 Å². The lowest BCUT2D eigenvalue weighted by Crippen LogP contribution is -2.43. The summed E-state index contributed by atoms with van der Waals surface area (Å²) >= 11 is 0. The van der Waals surface area contributed by atoms with Crippen molar-refractivity contribution >= 4 is 106 Å². The summed E-state index contributed by atoms with van der Waals surface area (Å²) in [5, 5.41) is 9.84. The topological polar surface area (TPSA) is 153 Å². The van der Waals surface area contributed by atoms with Crippen LogP contribution in [0.5, 0.6) is 0 Å². The third-order valence-electron chi connectivity index (χ3n) is 13.7. The average Bonchev–Trinajstić information content (AvgIpc) is 4.02. The number of aliphatic hydroxyl groups is 1. The molecule has 0 aromatic carbocycles. The van der Waals surface area contributed by atoms with E-state index in [0.29, 0.717) is 38.5 Å². The molecule has 3 aliphatic carbocycles. The molecule has 0 amide bonds. The molecule has 3 aliphatic heterocycles. The number of rotatable bonds is 17. The minimum absolute atomic E-state index is 0.00251. The van der Waals surface area contributed by atoms with Crippen molar-refractivity contribution in [3.63, 3.8) is 0 Å². The van der Waals surface area contributed by atoms with Gasteiger partial charge >= 0.3 is 37.0 Å². The van der Waals surface area contributed by atoms with E-state index in [2.05, 4.69) is 108 Å². The van der Waals surface area contributed by atoms with Gasteiger partial charge in [0.05, 0.1) is 49.8 Å². The molecule has 0 spiro atoms. The Morgan fingerprint density at radius 2 is 1.06 bits per heavy atom. The Labute approximate surface area is 399 Å². The van der Waals surface area contributed by atoms with Crippen LogP contribution in [-0.4, -0.2) is 105 Å². The zero-order valence-corrected chi connectivity index (χ0v) is 47.0. The molecule has 6 fully saturated rings. The molecule has 1 N–H and O–H groups in total. The van der Waals surface area contributed by atoms with Crippen LogP contribution < -0.4 is 0 Å². The maximum atomic E-state index is 11.7. The van der Waals surface area contributed by atoms with E-state index in [1.165, 1.54) is 0 Å². The molecule has 6 rings (SSSR count). The lowest BCUT2D eigenvalue weighted by Gasteiger charge is -2.38. The third kappa shape index (κ3) is 16.3. The Morgan fingerprint density at radius 1 is 0.688 bits per heavy atom. The molecule has 0 bridgehead atoms. The summed E-state index contributed by atoms with van der Waals surface area (Å²) in [4.78, 5) is 45.9. The smallest absolute Gasteiger partial charge is 0.336 e. The van der Waals surface area contributed by atoms with Gasteiger partial charge in [-0.25, -0.2) is 0 Å². The molecule has 22 heteroatoms. The van der Waals surface area contributed by atoms with Crippen molar-refractivity contribution in [1.29, 1.82) is 0 Å². The van der Waals surface area contributed by atoms with Crippen molar-refractivity contribution in [3.05, 3.63) is 36.5 Å². The highest BCUT2D eigenvalue weighted by molar-refractivity contribution is 7.92.